The molecular weight excluding hydrogens is 497 g/mol. The van der Waals surface area contributed by atoms with E-state index in [1.165, 1.54) is 0 Å². The first-order valence-corrected chi connectivity index (χ1v) is 13.8. The van der Waals surface area contributed by atoms with Gasteiger partial charge in [-0.2, -0.15) is 4.72 Å². The van der Waals surface area contributed by atoms with Crippen molar-refractivity contribution in [1.82, 2.24) is 14.5 Å². The highest BCUT2D eigenvalue weighted by Gasteiger charge is 2.32. The van der Waals surface area contributed by atoms with E-state index in [0.29, 0.717) is 34.7 Å². The van der Waals surface area contributed by atoms with E-state index >= 15 is 0 Å². The summed E-state index contributed by atoms with van der Waals surface area (Å²) in [5, 5.41) is 11.6. The third-order valence-electron chi connectivity index (χ3n) is 6.68. The summed E-state index contributed by atoms with van der Waals surface area (Å²) in [6, 6.07) is 12.5. The zero-order valence-electron chi connectivity index (χ0n) is 19.2. The summed E-state index contributed by atoms with van der Waals surface area (Å²) in [7, 11) is -3.79. The Labute approximate surface area is 211 Å². The van der Waals surface area contributed by atoms with E-state index in [4.69, 9.17) is 27.9 Å². The zero-order valence-corrected chi connectivity index (χ0v) is 21.5. The Morgan fingerprint density at radius 2 is 1.68 bits per heavy atom. The Balaban J connectivity index is 1.23. The third kappa shape index (κ3) is 6.23. The van der Waals surface area contributed by atoms with Crippen molar-refractivity contribution in [2.45, 2.75) is 56.0 Å². The highest BCUT2D eigenvalue weighted by molar-refractivity contribution is 7.89. The van der Waals surface area contributed by atoms with Crippen molar-refractivity contribution in [2.24, 2.45) is 0 Å². The molecule has 0 spiro atoms. The van der Waals surface area contributed by atoms with Gasteiger partial charge in [0.1, 0.15) is 11.9 Å². The number of nitrogens with zero attached hydrogens (tertiary/aromatic N) is 2. The Hall–Kier alpha value is -1.39. The van der Waals surface area contributed by atoms with Crippen molar-refractivity contribution in [2.75, 3.05) is 26.2 Å². The number of likely N-dealkylation sites (tertiary alicyclic amines) is 2. The highest BCUT2D eigenvalue weighted by atomic mass is 35.5. The first-order valence-electron chi connectivity index (χ1n) is 11.6. The van der Waals surface area contributed by atoms with Crippen LogP contribution in [0.1, 0.15) is 31.2 Å². The van der Waals surface area contributed by atoms with Gasteiger partial charge in [0, 0.05) is 38.3 Å². The Morgan fingerprint density at radius 1 is 1.00 bits per heavy atom. The number of ether oxygens (including phenoxy) is 1. The van der Waals surface area contributed by atoms with E-state index in [2.05, 4.69) is 9.62 Å². The molecule has 2 aliphatic heterocycles. The first-order chi connectivity index (χ1) is 16.2. The number of benzene rings is 2. The molecule has 7 nitrogen and oxygen atoms in total. The van der Waals surface area contributed by atoms with E-state index in [1.54, 1.807) is 48.2 Å². The second-order valence-corrected chi connectivity index (χ2v) is 11.5. The molecule has 2 aliphatic rings. The van der Waals surface area contributed by atoms with Crippen LogP contribution in [-0.2, 0) is 10.0 Å². The van der Waals surface area contributed by atoms with E-state index in [-0.39, 0.29) is 11.0 Å². The summed E-state index contributed by atoms with van der Waals surface area (Å²) in [6.07, 6.45) is 2.52. The van der Waals surface area contributed by atoms with Crippen molar-refractivity contribution in [1.29, 1.82) is 0 Å². The van der Waals surface area contributed by atoms with Gasteiger partial charge in [0.15, 0.2) is 6.35 Å². The monoisotopic (exact) mass is 527 g/mol. The molecule has 1 unspecified atom stereocenters. The molecule has 2 aromatic rings. The lowest BCUT2D eigenvalue weighted by molar-refractivity contribution is -0.0358. The van der Waals surface area contributed by atoms with Gasteiger partial charge in [0.2, 0.25) is 10.0 Å². The predicted octanol–water partition coefficient (Wildman–Crippen LogP) is 3.86. The predicted molar refractivity (Wildman–Crippen MR) is 134 cm³/mol. The van der Waals surface area contributed by atoms with Gasteiger partial charge in [-0.3, -0.25) is 4.90 Å². The van der Waals surface area contributed by atoms with Crippen molar-refractivity contribution < 1.29 is 18.3 Å². The lowest BCUT2D eigenvalue weighted by atomic mass is 9.99. The van der Waals surface area contributed by atoms with Crippen LogP contribution in [0.5, 0.6) is 5.75 Å². The van der Waals surface area contributed by atoms with Gasteiger partial charge < -0.3 is 14.7 Å². The standard InChI is InChI=1S/C24H31Cl2N3O4S/c1-17-4-2-3-5-23(17)34(31,32)27-24(30)29-12-8-18(9-13-29)28-14-10-19(11-15-28)33-20-6-7-21(25)22(26)16-20/h2-7,16,18-19,24,27,30H,8-15H2,1H3. The van der Waals surface area contributed by atoms with Crippen molar-refractivity contribution in [3.05, 3.63) is 58.1 Å². The van der Waals surface area contributed by atoms with E-state index in [1.807, 2.05) is 6.07 Å². The third-order valence-corrected chi connectivity index (χ3v) is 8.97. The molecule has 2 N–H and O–H groups in total. The number of hydrogen-bond acceptors (Lipinski definition) is 6. The summed E-state index contributed by atoms with van der Waals surface area (Å²) in [5.74, 6) is 0.739. The van der Waals surface area contributed by atoms with E-state index < -0.39 is 16.4 Å². The van der Waals surface area contributed by atoms with E-state index in [0.717, 1.165) is 44.5 Å². The van der Waals surface area contributed by atoms with Crippen LogP contribution in [0.4, 0.5) is 0 Å². The number of rotatable bonds is 7. The molecule has 2 fully saturated rings. The smallest absolute Gasteiger partial charge is 0.244 e. The summed E-state index contributed by atoms with van der Waals surface area (Å²) >= 11 is 12.1. The molecule has 0 aliphatic carbocycles. The molecule has 1 atom stereocenters. The van der Waals surface area contributed by atoms with Gasteiger partial charge in [0.05, 0.1) is 14.9 Å². The molecule has 0 aromatic heterocycles. The van der Waals surface area contributed by atoms with Crippen molar-refractivity contribution in [3.63, 3.8) is 0 Å². The number of aliphatic hydroxyl groups excluding tert-OH is 1. The molecule has 0 amide bonds. The van der Waals surface area contributed by atoms with Crippen molar-refractivity contribution >= 4 is 33.2 Å². The number of aliphatic hydroxyl groups is 1. The first kappa shape index (κ1) is 25.7. The lowest BCUT2D eigenvalue weighted by Crippen LogP contribution is -2.54. The Kier molecular flexibility index (Phi) is 8.40. The maximum absolute atomic E-state index is 12.7. The van der Waals surface area contributed by atoms with Crippen LogP contribution in [0.15, 0.2) is 47.4 Å². The minimum Gasteiger partial charge on any atom is -0.490 e. The number of nitrogens with one attached hydrogen (secondary N) is 1. The summed E-state index contributed by atoms with van der Waals surface area (Å²) in [5.41, 5.74) is 0.646. The molecule has 10 heteroatoms. The van der Waals surface area contributed by atoms with Crippen LogP contribution >= 0.6 is 23.2 Å². The van der Waals surface area contributed by atoms with Crippen LogP contribution in [0.2, 0.25) is 10.0 Å². The SMILES string of the molecule is Cc1ccccc1S(=O)(=O)NC(O)N1CCC(N2CCC(Oc3ccc(Cl)c(Cl)c3)CC2)CC1. The average molecular weight is 529 g/mol. The molecule has 2 aromatic carbocycles. The minimum atomic E-state index is -3.79. The molecular formula is C24H31Cl2N3O4S. The topological polar surface area (TPSA) is 82.1 Å². The fraction of sp³-hybridized carbons (Fsp3) is 0.500. The fourth-order valence-corrected chi connectivity index (χ4v) is 6.32. The molecule has 2 heterocycles. The molecule has 0 radical (unpaired) electrons. The van der Waals surface area contributed by atoms with Gasteiger partial charge in [-0.25, -0.2) is 8.42 Å². The molecule has 186 valence electrons. The Bertz CT molecular complexity index is 1090. The molecule has 0 saturated carbocycles. The van der Waals surface area contributed by atoms with Gasteiger partial charge in [-0.1, -0.05) is 41.4 Å². The van der Waals surface area contributed by atoms with Gasteiger partial charge in [-0.15, -0.1) is 0 Å². The molecule has 0 bridgehead atoms. The maximum atomic E-state index is 12.7. The van der Waals surface area contributed by atoms with Crippen LogP contribution in [0, 0.1) is 6.92 Å². The Morgan fingerprint density at radius 3 is 2.32 bits per heavy atom. The summed E-state index contributed by atoms with van der Waals surface area (Å²) < 4.78 is 33.9. The van der Waals surface area contributed by atoms with Crippen LogP contribution < -0.4 is 9.46 Å². The lowest BCUT2D eigenvalue weighted by Gasteiger charge is -2.42. The quantitative estimate of drug-likeness (QED) is 0.532. The maximum Gasteiger partial charge on any atom is 0.244 e. The second kappa shape index (κ2) is 11.1. The zero-order chi connectivity index (χ0) is 24.3. The number of aryl methyl sites for hydroxylation is 1. The van der Waals surface area contributed by atoms with Gasteiger partial charge in [0.25, 0.3) is 0 Å². The molecule has 2 saturated heterocycles. The number of piperidine rings is 2. The summed E-state index contributed by atoms with van der Waals surface area (Å²) in [4.78, 5) is 4.46. The van der Waals surface area contributed by atoms with Crippen LogP contribution in [0.25, 0.3) is 0 Å². The summed E-state index contributed by atoms with van der Waals surface area (Å²) in [6.45, 7) is 4.88. The molecule has 4 rings (SSSR count). The normalized spacial score (nSPS) is 20.4. The number of halogens is 2. The van der Waals surface area contributed by atoms with E-state index in [9.17, 15) is 13.5 Å². The number of hydrogen-bond donors (Lipinski definition) is 2. The van der Waals surface area contributed by atoms with Gasteiger partial charge in [-0.05, 0) is 56.4 Å². The van der Waals surface area contributed by atoms with Crippen LogP contribution in [-0.4, -0.2) is 68.0 Å². The minimum absolute atomic E-state index is 0.145. The fourth-order valence-electron chi connectivity index (χ4n) is 4.73. The van der Waals surface area contributed by atoms with Crippen molar-refractivity contribution in [3.8, 4) is 5.75 Å². The number of sulfonamides is 1. The molecule has 34 heavy (non-hydrogen) atoms. The average Bonchev–Trinajstić information content (AvgIpc) is 2.82. The van der Waals surface area contributed by atoms with Gasteiger partial charge >= 0.3 is 0 Å². The highest BCUT2D eigenvalue weighted by Crippen LogP contribution is 2.29. The second-order valence-electron chi connectivity index (χ2n) is 8.96. The van der Waals surface area contributed by atoms with Crippen LogP contribution in [0.3, 0.4) is 0 Å². The largest absolute Gasteiger partial charge is 0.490 e.